The Hall–Kier alpha value is -1.45. The Morgan fingerprint density at radius 3 is 2.94 bits per heavy atom. The number of nitrogens with two attached hydrogens (primary N) is 1. The van der Waals surface area contributed by atoms with Gasteiger partial charge in [0.15, 0.2) is 0 Å². The highest BCUT2D eigenvalue weighted by molar-refractivity contribution is 5.81. The molecule has 88 valence electrons. The quantitative estimate of drug-likeness (QED) is 0.852. The molecule has 0 aliphatic carbocycles. The summed E-state index contributed by atoms with van der Waals surface area (Å²) >= 11 is 0. The van der Waals surface area contributed by atoms with Crippen molar-refractivity contribution in [1.82, 2.24) is 4.98 Å². The second kappa shape index (κ2) is 4.43. The van der Waals surface area contributed by atoms with Gasteiger partial charge in [-0.25, -0.2) is 0 Å². The molecule has 3 rings (SSSR count). The van der Waals surface area contributed by atoms with Crippen LogP contribution in [0.25, 0.3) is 10.9 Å². The summed E-state index contributed by atoms with van der Waals surface area (Å²) < 4.78 is 5.41. The lowest BCUT2D eigenvalue weighted by molar-refractivity contribution is 0.184. The van der Waals surface area contributed by atoms with Crippen molar-refractivity contribution in [3.05, 3.63) is 42.1 Å². The molecule has 0 spiro atoms. The summed E-state index contributed by atoms with van der Waals surface area (Å²) in [5, 5.41) is 1.23. The molecule has 1 aromatic heterocycles. The van der Waals surface area contributed by atoms with Gasteiger partial charge in [0.05, 0.1) is 18.7 Å². The Labute approximate surface area is 101 Å². The third kappa shape index (κ3) is 2.04. The number of benzene rings is 1. The van der Waals surface area contributed by atoms with E-state index in [4.69, 9.17) is 10.5 Å². The normalized spacial score (nSPS) is 24.3. The molecule has 0 amide bonds. The number of nitrogens with zero attached hydrogens (tertiary/aromatic N) is 1. The fourth-order valence-electron chi connectivity index (χ4n) is 2.44. The number of ether oxygens (including phenoxy) is 1. The first-order chi connectivity index (χ1) is 8.34. The molecule has 1 aromatic carbocycles. The van der Waals surface area contributed by atoms with Gasteiger partial charge in [0, 0.05) is 23.5 Å². The highest BCUT2D eigenvalue weighted by atomic mass is 16.5. The van der Waals surface area contributed by atoms with Gasteiger partial charge in [-0.15, -0.1) is 0 Å². The van der Waals surface area contributed by atoms with Crippen LogP contribution in [-0.2, 0) is 11.2 Å². The summed E-state index contributed by atoms with van der Waals surface area (Å²) in [5.74, 6) is 0.431. The number of para-hydroxylation sites is 1. The van der Waals surface area contributed by atoms with E-state index < -0.39 is 0 Å². The van der Waals surface area contributed by atoms with Crippen molar-refractivity contribution in [3.63, 3.8) is 0 Å². The third-order valence-corrected chi connectivity index (χ3v) is 3.47. The van der Waals surface area contributed by atoms with Gasteiger partial charge in [0.1, 0.15) is 0 Å². The number of fused-ring (bicyclic) bond motifs is 1. The van der Waals surface area contributed by atoms with Crippen LogP contribution in [0, 0.1) is 5.92 Å². The molecule has 0 unspecified atom stereocenters. The molecule has 2 aromatic rings. The fraction of sp³-hybridized carbons (Fsp3) is 0.357. The molecule has 2 N–H and O–H groups in total. The van der Waals surface area contributed by atoms with Crippen LogP contribution in [0.4, 0.5) is 0 Å². The molecule has 3 nitrogen and oxygen atoms in total. The molecular formula is C14H16N2O. The largest absolute Gasteiger partial charge is 0.379 e. The maximum Gasteiger partial charge on any atom is 0.0704 e. The van der Waals surface area contributed by atoms with Crippen LogP contribution < -0.4 is 5.73 Å². The van der Waals surface area contributed by atoms with Crippen molar-refractivity contribution < 1.29 is 4.74 Å². The minimum Gasteiger partial charge on any atom is -0.379 e. The van der Waals surface area contributed by atoms with E-state index in [-0.39, 0.29) is 6.04 Å². The van der Waals surface area contributed by atoms with Crippen LogP contribution in [0.3, 0.4) is 0 Å². The highest BCUT2D eigenvalue weighted by Crippen LogP contribution is 2.23. The van der Waals surface area contributed by atoms with Crippen LogP contribution in [0.5, 0.6) is 0 Å². The molecule has 1 aliphatic rings. The van der Waals surface area contributed by atoms with Gasteiger partial charge in [-0.3, -0.25) is 4.98 Å². The summed E-state index contributed by atoms with van der Waals surface area (Å²) in [6.45, 7) is 1.46. The molecule has 1 fully saturated rings. The molecule has 2 atom stereocenters. The predicted octanol–water partition coefficient (Wildman–Crippen LogP) is 1.75. The zero-order valence-electron chi connectivity index (χ0n) is 9.67. The second-order valence-electron chi connectivity index (χ2n) is 4.65. The van der Waals surface area contributed by atoms with Crippen molar-refractivity contribution in [2.45, 2.75) is 12.5 Å². The Kier molecular flexibility index (Phi) is 2.79. The summed E-state index contributed by atoms with van der Waals surface area (Å²) in [7, 11) is 0. The molecule has 0 saturated carbocycles. The van der Waals surface area contributed by atoms with Crippen molar-refractivity contribution in [2.75, 3.05) is 13.2 Å². The summed E-state index contributed by atoms with van der Waals surface area (Å²) in [6.07, 6.45) is 2.85. The number of hydrogen-bond donors (Lipinski definition) is 1. The Morgan fingerprint density at radius 2 is 2.12 bits per heavy atom. The van der Waals surface area contributed by atoms with E-state index in [1.165, 1.54) is 10.9 Å². The summed E-state index contributed by atoms with van der Waals surface area (Å²) in [6, 6.07) is 10.5. The minimum absolute atomic E-state index is 0.168. The van der Waals surface area contributed by atoms with E-state index in [1.54, 1.807) is 0 Å². The first kappa shape index (κ1) is 10.7. The summed E-state index contributed by atoms with van der Waals surface area (Å²) in [4.78, 5) is 4.37. The molecular weight excluding hydrogens is 212 g/mol. The molecule has 1 aliphatic heterocycles. The van der Waals surface area contributed by atoms with Crippen molar-refractivity contribution in [3.8, 4) is 0 Å². The van der Waals surface area contributed by atoms with E-state index in [2.05, 4.69) is 23.2 Å². The Balaban J connectivity index is 1.94. The van der Waals surface area contributed by atoms with Gasteiger partial charge >= 0.3 is 0 Å². The number of hydrogen-bond acceptors (Lipinski definition) is 3. The zero-order chi connectivity index (χ0) is 11.7. The van der Waals surface area contributed by atoms with Gasteiger partial charge in [-0.05, 0) is 24.1 Å². The Bertz CT molecular complexity index is 521. The average molecular weight is 228 g/mol. The van der Waals surface area contributed by atoms with Crippen LogP contribution in [0.15, 0.2) is 36.5 Å². The van der Waals surface area contributed by atoms with Crippen molar-refractivity contribution in [2.24, 2.45) is 11.7 Å². The number of pyridine rings is 1. The molecule has 17 heavy (non-hydrogen) atoms. The first-order valence-corrected chi connectivity index (χ1v) is 6.00. The number of aromatic nitrogens is 1. The SMILES string of the molecule is N[C@@H]1COC[C@H]1Cc1ccnc2ccccc12. The minimum atomic E-state index is 0.168. The lowest BCUT2D eigenvalue weighted by atomic mass is 9.94. The maximum atomic E-state index is 6.03. The van der Waals surface area contributed by atoms with Crippen LogP contribution >= 0.6 is 0 Å². The Morgan fingerprint density at radius 1 is 1.24 bits per heavy atom. The fourth-order valence-corrected chi connectivity index (χ4v) is 2.44. The van der Waals surface area contributed by atoms with Gasteiger partial charge in [-0.1, -0.05) is 18.2 Å². The highest BCUT2D eigenvalue weighted by Gasteiger charge is 2.25. The molecule has 2 heterocycles. The van der Waals surface area contributed by atoms with E-state index in [0.717, 1.165) is 18.5 Å². The van der Waals surface area contributed by atoms with Crippen molar-refractivity contribution >= 4 is 10.9 Å². The van der Waals surface area contributed by atoms with E-state index >= 15 is 0 Å². The lowest BCUT2D eigenvalue weighted by Crippen LogP contribution is -2.29. The molecule has 3 heteroatoms. The molecule has 0 bridgehead atoms. The topological polar surface area (TPSA) is 48.1 Å². The molecule has 0 radical (unpaired) electrons. The van der Waals surface area contributed by atoms with Crippen LogP contribution in [-0.4, -0.2) is 24.2 Å². The van der Waals surface area contributed by atoms with Gasteiger partial charge < -0.3 is 10.5 Å². The standard InChI is InChI=1S/C14H16N2O/c15-13-9-17-8-11(13)7-10-5-6-16-14-4-2-1-3-12(10)14/h1-6,11,13H,7-9,15H2/t11-,13-/m1/s1. The van der Waals surface area contributed by atoms with E-state index in [9.17, 15) is 0 Å². The van der Waals surface area contributed by atoms with Crippen molar-refractivity contribution in [1.29, 1.82) is 0 Å². The van der Waals surface area contributed by atoms with Gasteiger partial charge in [-0.2, -0.15) is 0 Å². The van der Waals surface area contributed by atoms with Gasteiger partial charge in [0.25, 0.3) is 0 Å². The van der Waals surface area contributed by atoms with Crippen LogP contribution in [0.1, 0.15) is 5.56 Å². The van der Waals surface area contributed by atoms with E-state index in [0.29, 0.717) is 12.5 Å². The monoisotopic (exact) mass is 228 g/mol. The second-order valence-corrected chi connectivity index (χ2v) is 4.65. The maximum absolute atomic E-state index is 6.03. The molecule has 1 saturated heterocycles. The van der Waals surface area contributed by atoms with E-state index in [1.807, 2.05) is 18.3 Å². The summed E-state index contributed by atoms with van der Waals surface area (Å²) in [5.41, 5.74) is 8.40. The zero-order valence-corrected chi connectivity index (χ0v) is 9.67. The van der Waals surface area contributed by atoms with Crippen LogP contribution in [0.2, 0.25) is 0 Å². The first-order valence-electron chi connectivity index (χ1n) is 6.00. The predicted molar refractivity (Wildman–Crippen MR) is 67.7 cm³/mol. The lowest BCUT2D eigenvalue weighted by Gasteiger charge is -2.14. The third-order valence-electron chi connectivity index (χ3n) is 3.47. The average Bonchev–Trinajstić information content (AvgIpc) is 2.76. The van der Waals surface area contributed by atoms with Gasteiger partial charge in [0.2, 0.25) is 0 Å². The smallest absolute Gasteiger partial charge is 0.0704 e. The number of rotatable bonds is 2.